The number of anilines is 2. The van der Waals surface area contributed by atoms with Crippen LogP contribution >= 0.6 is 0 Å². The van der Waals surface area contributed by atoms with Crippen molar-refractivity contribution in [3.8, 4) is 5.75 Å². The molecule has 0 spiro atoms. The Morgan fingerprint density at radius 2 is 1.71 bits per heavy atom. The van der Waals surface area contributed by atoms with E-state index in [9.17, 15) is 24.1 Å². The summed E-state index contributed by atoms with van der Waals surface area (Å²) < 4.78 is 18.0. The van der Waals surface area contributed by atoms with E-state index < -0.39 is 16.6 Å². The lowest BCUT2D eigenvalue weighted by molar-refractivity contribution is -0.862. The number of carbonyl (C=O) groups excluding carboxylic acids is 2. The van der Waals surface area contributed by atoms with Crippen LogP contribution in [0.4, 0.5) is 21.5 Å². The molecule has 2 aromatic carbocycles. The van der Waals surface area contributed by atoms with Crippen molar-refractivity contribution in [3.63, 3.8) is 0 Å². The van der Waals surface area contributed by atoms with Crippen LogP contribution in [-0.2, 0) is 9.59 Å². The van der Waals surface area contributed by atoms with E-state index in [0.717, 1.165) is 0 Å². The topological polar surface area (TPSA) is 115 Å². The summed E-state index contributed by atoms with van der Waals surface area (Å²) >= 11 is 0. The molecule has 0 bridgehead atoms. The van der Waals surface area contributed by atoms with E-state index in [4.69, 9.17) is 4.74 Å². The first-order chi connectivity index (χ1) is 13.3. The number of hydrogen-bond donors (Lipinski definition) is 3. The number of hydrogen-bond acceptors (Lipinski definition) is 5. The largest absolute Gasteiger partial charge is 0.495 e. The highest BCUT2D eigenvalue weighted by atomic mass is 19.1. The molecule has 0 saturated carbocycles. The van der Waals surface area contributed by atoms with E-state index in [-0.39, 0.29) is 36.1 Å². The highest BCUT2D eigenvalue weighted by molar-refractivity contribution is 5.94. The van der Waals surface area contributed by atoms with Gasteiger partial charge >= 0.3 is 0 Å². The minimum Gasteiger partial charge on any atom is -0.495 e. The van der Waals surface area contributed by atoms with Crippen LogP contribution in [0.1, 0.15) is 0 Å². The number of carbonyl (C=O) groups is 2. The number of rotatable bonds is 8. The molecule has 2 aromatic rings. The number of benzene rings is 2. The Hall–Kier alpha value is -3.53. The highest BCUT2D eigenvalue weighted by Crippen LogP contribution is 2.28. The van der Waals surface area contributed by atoms with Gasteiger partial charge in [-0.05, 0) is 30.3 Å². The van der Waals surface area contributed by atoms with Crippen LogP contribution in [0.25, 0.3) is 0 Å². The van der Waals surface area contributed by atoms with Gasteiger partial charge in [-0.1, -0.05) is 0 Å². The number of methoxy groups -OCH3 is 1. The first-order valence-corrected chi connectivity index (χ1v) is 8.27. The van der Waals surface area contributed by atoms with Crippen molar-refractivity contribution in [1.82, 2.24) is 0 Å². The summed E-state index contributed by atoms with van der Waals surface area (Å²) in [6.07, 6.45) is 0. The van der Waals surface area contributed by atoms with Crippen LogP contribution in [0.5, 0.6) is 5.75 Å². The van der Waals surface area contributed by atoms with Gasteiger partial charge in [0.1, 0.15) is 11.6 Å². The fourth-order valence-corrected chi connectivity index (χ4v) is 2.45. The zero-order valence-corrected chi connectivity index (χ0v) is 15.3. The minimum atomic E-state index is -0.577. The third-order valence-corrected chi connectivity index (χ3v) is 3.72. The zero-order valence-electron chi connectivity index (χ0n) is 15.3. The van der Waals surface area contributed by atoms with Crippen molar-refractivity contribution in [3.05, 3.63) is 58.4 Å². The van der Waals surface area contributed by atoms with Gasteiger partial charge in [-0.3, -0.25) is 19.7 Å². The van der Waals surface area contributed by atoms with Crippen molar-refractivity contribution < 1.29 is 28.5 Å². The Labute approximate surface area is 160 Å². The molecule has 2 amide bonds. The van der Waals surface area contributed by atoms with Crippen LogP contribution < -0.4 is 20.3 Å². The number of ether oxygens (including phenoxy) is 1. The van der Waals surface area contributed by atoms with Crippen LogP contribution in [0, 0.1) is 15.9 Å². The molecule has 0 aliphatic rings. The molecule has 0 radical (unpaired) electrons. The second-order valence-corrected chi connectivity index (χ2v) is 6.06. The van der Waals surface area contributed by atoms with Crippen molar-refractivity contribution in [1.29, 1.82) is 0 Å². The molecule has 28 heavy (non-hydrogen) atoms. The molecule has 2 rings (SSSR count). The molecule has 148 valence electrons. The van der Waals surface area contributed by atoms with Crippen LogP contribution in [0.2, 0.25) is 0 Å². The van der Waals surface area contributed by atoms with Crippen molar-refractivity contribution in [2.45, 2.75) is 0 Å². The normalized spacial score (nSPS) is 11.4. The molecule has 10 heteroatoms. The second-order valence-electron chi connectivity index (χ2n) is 6.06. The predicted octanol–water partition coefficient (Wildman–Crippen LogP) is 0.834. The van der Waals surface area contributed by atoms with Gasteiger partial charge < -0.3 is 20.3 Å². The summed E-state index contributed by atoms with van der Waals surface area (Å²) in [5.41, 5.74) is 0.436. The van der Waals surface area contributed by atoms with E-state index in [0.29, 0.717) is 10.6 Å². The van der Waals surface area contributed by atoms with Crippen molar-refractivity contribution in [2.75, 3.05) is 37.9 Å². The molecule has 3 N–H and O–H groups in total. The Balaban J connectivity index is 1.91. The zero-order chi connectivity index (χ0) is 20.7. The summed E-state index contributed by atoms with van der Waals surface area (Å²) in [5.74, 6) is -0.907. The average Bonchev–Trinajstić information content (AvgIpc) is 2.63. The predicted molar refractivity (Wildman–Crippen MR) is 99.9 cm³/mol. The van der Waals surface area contributed by atoms with Crippen LogP contribution in [0.3, 0.4) is 0 Å². The lowest BCUT2D eigenvalue weighted by atomic mass is 10.2. The van der Waals surface area contributed by atoms with Crippen LogP contribution in [-0.4, -0.2) is 44.0 Å². The number of nitro benzene ring substituents is 1. The molecule has 0 aliphatic carbocycles. The Morgan fingerprint density at radius 3 is 2.29 bits per heavy atom. The Bertz CT molecular complexity index is 873. The maximum absolute atomic E-state index is 12.9. The number of nitrogens with zero attached hydrogens (tertiary/aromatic N) is 1. The molecule has 0 aliphatic heterocycles. The third-order valence-electron chi connectivity index (χ3n) is 3.72. The Kier molecular flexibility index (Phi) is 6.99. The van der Waals surface area contributed by atoms with E-state index in [1.807, 2.05) is 0 Å². The SMILES string of the molecule is COc1ccc([N+](=O)[O-])cc1NC(=O)C[NH+](C)CC(=O)Nc1ccc(F)cc1. The van der Waals surface area contributed by atoms with Gasteiger partial charge in [-0.2, -0.15) is 0 Å². The molecular formula is C18H20FN4O5+. The number of non-ortho nitro benzene ring substituents is 1. The number of amides is 2. The minimum absolute atomic E-state index is 0.00311. The van der Waals surface area contributed by atoms with Gasteiger partial charge in [0.25, 0.3) is 17.5 Å². The first kappa shape index (κ1) is 20.8. The molecule has 0 aromatic heterocycles. The lowest BCUT2D eigenvalue weighted by Crippen LogP contribution is -3.11. The van der Waals surface area contributed by atoms with Gasteiger partial charge in [0.2, 0.25) is 0 Å². The van der Waals surface area contributed by atoms with E-state index in [1.54, 1.807) is 7.05 Å². The monoisotopic (exact) mass is 391 g/mol. The summed E-state index contributed by atoms with van der Waals surface area (Å²) in [6, 6.07) is 9.19. The smallest absolute Gasteiger partial charge is 0.279 e. The molecule has 0 fully saturated rings. The third kappa shape index (κ3) is 6.02. The standard InChI is InChI=1S/C18H19FN4O5/c1-22(10-17(24)20-13-5-3-12(19)4-6-13)11-18(25)21-15-9-14(23(26)27)7-8-16(15)28-2/h3-9H,10-11H2,1-2H3,(H,20,24)(H,21,25)/p+1. The highest BCUT2D eigenvalue weighted by Gasteiger charge is 2.18. The van der Waals surface area contributed by atoms with Gasteiger partial charge in [-0.15, -0.1) is 0 Å². The maximum Gasteiger partial charge on any atom is 0.279 e. The summed E-state index contributed by atoms with van der Waals surface area (Å²) in [6.45, 7) is -0.0560. The quantitative estimate of drug-likeness (QED) is 0.456. The van der Waals surface area contributed by atoms with Gasteiger partial charge in [0.05, 0.1) is 24.8 Å². The van der Waals surface area contributed by atoms with E-state index >= 15 is 0 Å². The number of quaternary nitrogens is 1. The summed E-state index contributed by atoms with van der Waals surface area (Å²) in [7, 11) is 3.03. The van der Waals surface area contributed by atoms with Crippen molar-refractivity contribution in [2.24, 2.45) is 0 Å². The second kappa shape index (κ2) is 9.42. The van der Waals surface area contributed by atoms with Crippen LogP contribution in [0.15, 0.2) is 42.5 Å². The average molecular weight is 391 g/mol. The van der Waals surface area contributed by atoms with Crippen molar-refractivity contribution >= 4 is 28.9 Å². The number of likely N-dealkylation sites (N-methyl/N-ethyl adjacent to an activating group) is 1. The molecular weight excluding hydrogens is 371 g/mol. The fourth-order valence-electron chi connectivity index (χ4n) is 2.45. The molecule has 0 heterocycles. The number of halogens is 1. The maximum atomic E-state index is 12.9. The van der Waals surface area contributed by atoms with E-state index in [2.05, 4.69) is 10.6 Å². The van der Waals surface area contributed by atoms with E-state index in [1.165, 1.54) is 49.6 Å². The summed E-state index contributed by atoms with van der Waals surface area (Å²) in [4.78, 5) is 35.1. The molecule has 1 atom stereocenters. The summed E-state index contributed by atoms with van der Waals surface area (Å²) in [5, 5.41) is 16.1. The van der Waals surface area contributed by atoms with Gasteiger partial charge in [0.15, 0.2) is 13.1 Å². The van der Waals surface area contributed by atoms with Gasteiger partial charge in [0, 0.05) is 17.8 Å². The number of nitrogens with one attached hydrogen (secondary N) is 3. The lowest BCUT2D eigenvalue weighted by Gasteiger charge is -2.15. The number of nitro groups is 1. The Morgan fingerprint density at radius 1 is 1.11 bits per heavy atom. The first-order valence-electron chi connectivity index (χ1n) is 8.27. The fraction of sp³-hybridized carbons (Fsp3) is 0.222. The molecule has 9 nitrogen and oxygen atoms in total. The van der Waals surface area contributed by atoms with Gasteiger partial charge in [-0.25, -0.2) is 4.39 Å². The molecule has 1 unspecified atom stereocenters. The molecule has 0 saturated heterocycles.